The fraction of sp³-hybridized carbons (Fsp3) is 0.214. The van der Waals surface area contributed by atoms with E-state index < -0.39 is 29.8 Å². The van der Waals surface area contributed by atoms with Crippen LogP contribution in [0, 0.1) is 0 Å². The van der Waals surface area contributed by atoms with E-state index in [4.69, 9.17) is 5.21 Å². The summed E-state index contributed by atoms with van der Waals surface area (Å²) in [6, 6.07) is 18.1. The number of nitrogens with one attached hydrogen (secondary N) is 4. The van der Waals surface area contributed by atoms with E-state index in [0.717, 1.165) is 23.3 Å². The van der Waals surface area contributed by atoms with Gasteiger partial charge in [-0.05, 0) is 53.4 Å². The maximum Gasteiger partial charge on any atom is 0.416 e. The molecule has 2 amide bonds. The quantitative estimate of drug-likeness (QED) is 0.161. The van der Waals surface area contributed by atoms with Crippen molar-refractivity contribution in [2.24, 2.45) is 0 Å². The Bertz CT molecular complexity index is 1280. The molecule has 0 aromatic heterocycles. The van der Waals surface area contributed by atoms with Crippen molar-refractivity contribution in [2.45, 2.75) is 31.8 Å². The Morgan fingerprint density at radius 2 is 1.49 bits per heavy atom. The van der Waals surface area contributed by atoms with Gasteiger partial charge in [-0.1, -0.05) is 55.1 Å². The highest BCUT2D eigenvalue weighted by Crippen LogP contribution is 2.29. The van der Waals surface area contributed by atoms with Gasteiger partial charge in [-0.2, -0.15) is 13.2 Å². The molecular formula is C28H29F3N4O4. The molecule has 0 aliphatic heterocycles. The monoisotopic (exact) mass is 542 g/mol. The average Bonchev–Trinajstić information content (AvgIpc) is 2.91. The average molecular weight is 543 g/mol. The van der Waals surface area contributed by atoms with Gasteiger partial charge in [0.15, 0.2) is 0 Å². The third kappa shape index (κ3) is 8.40. The zero-order valence-corrected chi connectivity index (χ0v) is 21.0. The molecule has 6 N–H and O–H groups in total. The number of hydroxylamine groups is 1. The second-order valence-corrected chi connectivity index (χ2v) is 8.82. The number of carbonyl (C=O) groups excluding carboxylic acids is 2. The molecule has 8 nitrogen and oxygen atoms in total. The van der Waals surface area contributed by atoms with Gasteiger partial charge in [0.1, 0.15) is 6.04 Å². The van der Waals surface area contributed by atoms with Crippen LogP contribution in [0.4, 0.5) is 18.9 Å². The van der Waals surface area contributed by atoms with Gasteiger partial charge in [-0.15, -0.1) is 0 Å². The van der Waals surface area contributed by atoms with E-state index in [2.05, 4.69) is 22.5 Å². The van der Waals surface area contributed by atoms with Crippen molar-refractivity contribution in [1.82, 2.24) is 16.1 Å². The molecule has 0 unspecified atom stereocenters. The lowest BCUT2D eigenvalue weighted by molar-refractivity contribution is -0.137. The number of anilines is 1. The molecule has 0 saturated heterocycles. The molecule has 0 fully saturated rings. The van der Waals surface area contributed by atoms with Crippen LogP contribution in [0.1, 0.15) is 23.6 Å². The van der Waals surface area contributed by atoms with Gasteiger partial charge < -0.3 is 21.1 Å². The van der Waals surface area contributed by atoms with E-state index in [-0.39, 0.29) is 19.0 Å². The van der Waals surface area contributed by atoms with Gasteiger partial charge in [0.2, 0.25) is 5.91 Å². The molecule has 0 heterocycles. The standard InChI is InChI=1S/C28H29F3N4O4/c1-17(33-26(18(2)36)27(38)35-39)20-5-7-21(8-6-20)22-9-13-24(14-10-22)34-25(37)16-32-15-19-3-11-23(12-4-19)28(29,30)31/h3-14,18,26,32-33,36,39H,1,15-16H2,2H3,(H,34,37)(H,35,38)/t18-,26+/m1/s1. The Morgan fingerprint density at radius 3 is 2.00 bits per heavy atom. The second kappa shape index (κ2) is 13.1. The first kappa shape index (κ1) is 29.4. The number of aliphatic hydroxyl groups excluding tert-OH is 1. The number of hydrogen-bond donors (Lipinski definition) is 6. The fourth-order valence-electron chi connectivity index (χ4n) is 3.69. The highest BCUT2D eigenvalue weighted by atomic mass is 19.4. The van der Waals surface area contributed by atoms with Crippen molar-refractivity contribution in [1.29, 1.82) is 0 Å². The van der Waals surface area contributed by atoms with Crippen LogP contribution >= 0.6 is 0 Å². The molecule has 0 bridgehead atoms. The van der Waals surface area contributed by atoms with Gasteiger partial charge in [-0.3, -0.25) is 14.8 Å². The van der Waals surface area contributed by atoms with Crippen LogP contribution < -0.4 is 21.4 Å². The molecule has 0 saturated carbocycles. The summed E-state index contributed by atoms with van der Waals surface area (Å²) >= 11 is 0. The summed E-state index contributed by atoms with van der Waals surface area (Å²) in [5.74, 6) is -1.08. The molecule has 39 heavy (non-hydrogen) atoms. The lowest BCUT2D eigenvalue weighted by Crippen LogP contribution is -2.48. The summed E-state index contributed by atoms with van der Waals surface area (Å²) in [7, 11) is 0. The van der Waals surface area contributed by atoms with E-state index in [0.29, 0.717) is 22.5 Å². The molecule has 0 spiro atoms. The number of halogens is 3. The molecule has 2 atom stereocenters. The SMILES string of the molecule is C=C(N[C@H](C(=O)NO)[C@@H](C)O)c1ccc(-c2ccc(NC(=O)CNCc3ccc(C(F)(F)F)cc3)cc2)cc1. The zero-order valence-electron chi connectivity index (χ0n) is 21.0. The van der Waals surface area contributed by atoms with Crippen LogP contribution in [0.25, 0.3) is 16.8 Å². The maximum absolute atomic E-state index is 12.6. The van der Waals surface area contributed by atoms with Crippen LogP contribution in [0.5, 0.6) is 0 Å². The highest BCUT2D eigenvalue weighted by Gasteiger charge is 2.29. The Hall–Kier alpha value is -4.19. The molecule has 3 aromatic rings. The van der Waals surface area contributed by atoms with E-state index in [1.165, 1.54) is 24.5 Å². The van der Waals surface area contributed by atoms with Gasteiger partial charge in [0.25, 0.3) is 5.91 Å². The van der Waals surface area contributed by atoms with Crippen LogP contribution in [0.3, 0.4) is 0 Å². The number of benzene rings is 3. The van der Waals surface area contributed by atoms with Crippen molar-refractivity contribution in [3.8, 4) is 11.1 Å². The summed E-state index contributed by atoms with van der Waals surface area (Å²) in [4.78, 5) is 23.9. The number of hydrogen-bond acceptors (Lipinski definition) is 6. The van der Waals surface area contributed by atoms with E-state index in [1.54, 1.807) is 24.3 Å². The van der Waals surface area contributed by atoms with Crippen LogP contribution in [0.15, 0.2) is 79.4 Å². The zero-order chi connectivity index (χ0) is 28.6. The van der Waals surface area contributed by atoms with E-state index in [1.807, 2.05) is 24.3 Å². The Morgan fingerprint density at radius 1 is 0.923 bits per heavy atom. The first-order valence-corrected chi connectivity index (χ1v) is 11.9. The Balaban J connectivity index is 1.50. The maximum atomic E-state index is 12.6. The minimum Gasteiger partial charge on any atom is -0.391 e. The van der Waals surface area contributed by atoms with Crippen LogP contribution in [-0.2, 0) is 22.3 Å². The summed E-state index contributed by atoms with van der Waals surface area (Å²) in [6.07, 6.45) is -5.45. The topological polar surface area (TPSA) is 123 Å². The van der Waals surface area contributed by atoms with Gasteiger partial charge in [-0.25, -0.2) is 5.48 Å². The number of rotatable bonds is 11. The normalized spacial score (nSPS) is 12.8. The minimum atomic E-state index is -4.39. The van der Waals surface area contributed by atoms with E-state index in [9.17, 15) is 27.9 Å². The minimum absolute atomic E-state index is 0.0158. The Labute approximate surface area is 223 Å². The summed E-state index contributed by atoms with van der Waals surface area (Å²) < 4.78 is 37.9. The molecule has 3 rings (SSSR count). The molecule has 0 aliphatic rings. The second-order valence-electron chi connectivity index (χ2n) is 8.82. The van der Waals surface area contributed by atoms with Crippen molar-refractivity contribution in [2.75, 3.05) is 11.9 Å². The number of amides is 2. The third-order valence-corrected chi connectivity index (χ3v) is 5.84. The molecule has 3 aromatic carbocycles. The molecule has 0 radical (unpaired) electrons. The van der Waals surface area contributed by atoms with Gasteiger partial charge in [0.05, 0.1) is 18.2 Å². The number of alkyl halides is 3. The van der Waals surface area contributed by atoms with Gasteiger partial charge >= 0.3 is 6.18 Å². The van der Waals surface area contributed by atoms with Crippen molar-refractivity contribution < 1.29 is 33.1 Å². The van der Waals surface area contributed by atoms with Crippen LogP contribution in [0.2, 0.25) is 0 Å². The fourth-order valence-corrected chi connectivity index (χ4v) is 3.69. The summed E-state index contributed by atoms with van der Waals surface area (Å²) in [6.45, 7) is 5.53. The molecular weight excluding hydrogens is 513 g/mol. The molecule has 11 heteroatoms. The molecule has 0 aliphatic carbocycles. The Kier molecular flexibility index (Phi) is 9.83. The van der Waals surface area contributed by atoms with Gasteiger partial charge in [0, 0.05) is 17.9 Å². The predicted octanol–water partition coefficient (Wildman–Crippen LogP) is 3.92. The number of aliphatic hydroxyl groups is 1. The third-order valence-electron chi connectivity index (χ3n) is 5.84. The lowest BCUT2D eigenvalue weighted by Gasteiger charge is -2.22. The van der Waals surface area contributed by atoms with Crippen molar-refractivity contribution in [3.05, 3.63) is 96.1 Å². The summed E-state index contributed by atoms with van der Waals surface area (Å²) in [5, 5.41) is 27.1. The largest absolute Gasteiger partial charge is 0.416 e. The summed E-state index contributed by atoms with van der Waals surface area (Å²) in [5.41, 5.74) is 4.85. The smallest absolute Gasteiger partial charge is 0.391 e. The van der Waals surface area contributed by atoms with Crippen molar-refractivity contribution in [3.63, 3.8) is 0 Å². The lowest BCUT2D eigenvalue weighted by atomic mass is 10.0. The van der Waals surface area contributed by atoms with Crippen molar-refractivity contribution >= 4 is 23.2 Å². The predicted molar refractivity (Wildman–Crippen MR) is 141 cm³/mol. The highest BCUT2D eigenvalue weighted by molar-refractivity contribution is 5.92. The first-order valence-electron chi connectivity index (χ1n) is 11.9. The number of carbonyl (C=O) groups is 2. The molecule has 206 valence electrons. The first-order chi connectivity index (χ1) is 18.5. The van der Waals surface area contributed by atoms with Crippen LogP contribution in [-0.4, -0.2) is 40.8 Å². The van der Waals surface area contributed by atoms with E-state index >= 15 is 0 Å².